The molecule has 0 saturated carbocycles. The minimum atomic E-state index is -1.06. The second kappa shape index (κ2) is 2.73. The summed E-state index contributed by atoms with van der Waals surface area (Å²) >= 11 is 0. The van der Waals surface area contributed by atoms with Crippen LogP contribution in [-0.2, 0) is 11.2 Å². The molecule has 1 aliphatic heterocycles. The lowest BCUT2D eigenvalue weighted by molar-refractivity contribution is -0.115. The quantitative estimate of drug-likeness (QED) is 0.563. The van der Waals surface area contributed by atoms with Crippen molar-refractivity contribution in [3.8, 4) is 0 Å². The average Bonchev–Trinajstić information content (AvgIpc) is 2.42. The van der Waals surface area contributed by atoms with E-state index in [1.807, 2.05) is 0 Å². The minimum Gasteiger partial charge on any atom is -0.478 e. The van der Waals surface area contributed by atoms with E-state index in [0.29, 0.717) is 16.9 Å². The molecule has 1 amide bonds. The summed E-state index contributed by atoms with van der Waals surface area (Å²) in [6, 6.07) is 2.92. The number of benzene rings is 1. The van der Waals surface area contributed by atoms with Crippen molar-refractivity contribution in [3.05, 3.63) is 23.3 Å². The Hall–Kier alpha value is -2.04. The van der Waals surface area contributed by atoms with Crippen LogP contribution in [0.5, 0.6) is 0 Å². The van der Waals surface area contributed by atoms with Gasteiger partial charge < -0.3 is 16.2 Å². The first-order valence-corrected chi connectivity index (χ1v) is 4.03. The molecule has 2 rings (SSSR count). The molecule has 0 aliphatic carbocycles. The first-order chi connectivity index (χ1) is 6.58. The molecule has 0 fully saturated rings. The maximum atomic E-state index is 11.0. The third kappa shape index (κ3) is 1.19. The number of nitrogens with two attached hydrogens (primary N) is 1. The predicted molar refractivity (Wildman–Crippen MR) is 50.1 cm³/mol. The van der Waals surface area contributed by atoms with Crippen LogP contribution in [0.4, 0.5) is 11.4 Å². The molecule has 0 atom stereocenters. The molecule has 1 aliphatic rings. The van der Waals surface area contributed by atoms with Gasteiger partial charge in [-0.15, -0.1) is 0 Å². The van der Waals surface area contributed by atoms with Gasteiger partial charge in [0.15, 0.2) is 0 Å². The Morgan fingerprint density at radius 2 is 2.21 bits per heavy atom. The maximum absolute atomic E-state index is 11.0. The fourth-order valence-electron chi connectivity index (χ4n) is 1.54. The van der Waals surface area contributed by atoms with Crippen LogP contribution in [0.2, 0.25) is 0 Å². The second-order valence-electron chi connectivity index (χ2n) is 3.12. The number of carboxylic acids is 1. The Morgan fingerprint density at radius 1 is 1.50 bits per heavy atom. The molecule has 0 aromatic heterocycles. The van der Waals surface area contributed by atoms with Crippen LogP contribution in [0, 0.1) is 0 Å². The summed E-state index contributed by atoms with van der Waals surface area (Å²) in [5.74, 6) is -1.27. The molecule has 72 valence electrons. The van der Waals surface area contributed by atoms with Gasteiger partial charge in [0.1, 0.15) is 0 Å². The van der Waals surface area contributed by atoms with Crippen LogP contribution >= 0.6 is 0 Å². The highest BCUT2D eigenvalue weighted by molar-refractivity contribution is 6.04. The van der Waals surface area contributed by atoms with Crippen molar-refractivity contribution in [2.24, 2.45) is 0 Å². The number of anilines is 2. The lowest BCUT2D eigenvalue weighted by Gasteiger charge is -2.04. The predicted octanol–water partition coefficient (Wildman–Crippen LogP) is 0.462. The maximum Gasteiger partial charge on any atom is 0.336 e. The van der Waals surface area contributed by atoms with E-state index in [0.717, 1.165) is 0 Å². The van der Waals surface area contributed by atoms with Gasteiger partial charge in [-0.2, -0.15) is 0 Å². The molecule has 1 heterocycles. The molecule has 1 aromatic rings. The number of fused-ring (bicyclic) bond motifs is 1. The zero-order valence-electron chi connectivity index (χ0n) is 7.20. The van der Waals surface area contributed by atoms with Gasteiger partial charge in [-0.3, -0.25) is 4.79 Å². The molecule has 0 saturated heterocycles. The topological polar surface area (TPSA) is 92.4 Å². The molecule has 1 aromatic carbocycles. The molecule has 0 unspecified atom stereocenters. The fourth-order valence-corrected chi connectivity index (χ4v) is 1.54. The van der Waals surface area contributed by atoms with Crippen molar-refractivity contribution in [2.75, 3.05) is 11.1 Å². The van der Waals surface area contributed by atoms with E-state index < -0.39 is 5.97 Å². The third-order valence-corrected chi connectivity index (χ3v) is 2.11. The molecule has 0 bridgehead atoms. The van der Waals surface area contributed by atoms with E-state index in [9.17, 15) is 9.59 Å². The molecule has 0 spiro atoms. The van der Waals surface area contributed by atoms with E-state index >= 15 is 0 Å². The highest BCUT2D eigenvalue weighted by Crippen LogP contribution is 2.29. The van der Waals surface area contributed by atoms with Crippen LogP contribution in [0.1, 0.15) is 15.9 Å². The fraction of sp³-hybridized carbons (Fsp3) is 0.111. The normalized spacial score (nSPS) is 13.6. The SMILES string of the molecule is Nc1cc2c(c(C(=O)O)c1)CC(=O)N2. The van der Waals surface area contributed by atoms with Gasteiger partial charge in [0, 0.05) is 11.4 Å². The molecule has 5 nitrogen and oxygen atoms in total. The Bertz CT molecular complexity index is 440. The Kier molecular flexibility index (Phi) is 1.67. The van der Waals surface area contributed by atoms with Gasteiger partial charge in [-0.05, 0) is 17.7 Å². The van der Waals surface area contributed by atoms with E-state index in [1.165, 1.54) is 6.07 Å². The van der Waals surface area contributed by atoms with E-state index in [4.69, 9.17) is 10.8 Å². The molecule has 4 N–H and O–H groups in total. The van der Waals surface area contributed by atoms with Crippen molar-refractivity contribution < 1.29 is 14.7 Å². The molecule has 0 radical (unpaired) electrons. The number of rotatable bonds is 1. The van der Waals surface area contributed by atoms with E-state index in [2.05, 4.69) is 5.32 Å². The standard InChI is InChI=1S/C9H8N2O3/c10-4-1-6(9(13)14)5-3-8(12)11-7(5)2-4/h1-2H,3,10H2,(H,11,12)(H,13,14). The van der Waals surface area contributed by atoms with Gasteiger partial charge in [-0.25, -0.2) is 4.79 Å². The van der Waals surface area contributed by atoms with Gasteiger partial charge in [0.25, 0.3) is 0 Å². The number of hydrogen-bond donors (Lipinski definition) is 3. The number of carboxylic acid groups (broad SMARTS) is 1. The van der Waals surface area contributed by atoms with E-state index in [-0.39, 0.29) is 17.9 Å². The van der Waals surface area contributed by atoms with Gasteiger partial charge in [0.05, 0.1) is 12.0 Å². The Labute approximate surface area is 79.5 Å². The number of carbonyl (C=O) groups is 2. The van der Waals surface area contributed by atoms with Crippen LogP contribution in [0.15, 0.2) is 12.1 Å². The van der Waals surface area contributed by atoms with Gasteiger partial charge in [0.2, 0.25) is 5.91 Å². The summed E-state index contributed by atoms with van der Waals surface area (Å²) in [5, 5.41) is 11.4. The van der Waals surface area contributed by atoms with Gasteiger partial charge in [-0.1, -0.05) is 0 Å². The third-order valence-electron chi connectivity index (χ3n) is 2.11. The van der Waals surface area contributed by atoms with Crippen molar-refractivity contribution in [3.63, 3.8) is 0 Å². The van der Waals surface area contributed by atoms with Crippen molar-refractivity contribution >= 4 is 23.3 Å². The number of hydrogen-bond acceptors (Lipinski definition) is 3. The van der Waals surface area contributed by atoms with E-state index in [1.54, 1.807) is 6.07 Å². The molecule has 14 heavy (non-hydrogen) atoms. The zero-order chi connectivity index (χ0) is 10.3. The highest BCUT2D eigenvalue weighted by atomic mass is 16.4. The van der Waals surface area contributed by atoms with Gasteiger partial charge >= 0.3 is 5.97 Å². The lowest BCUT2D eigenvalue weighted by Crippen LogP contribution is -2.04. The summed E-state index contributed by atoms with van der Waals surface area (Å²) in [5.41, 5.74) is 6.95. The number of carbonyl (C=O) groups excluding carboxylic acids is 1. The Morgan fingerprint density at radius 3 is 2.86 bits per heavy atom. The van der Waals surface area contributed by atoms with Crippen molar-refractivity contribution in [1.29, 1.82) is 0 Å². The first-order valence-electron chi connectivity index (χ1n) is 4.03. The van der Waals surface area contributed by atoms with Crippen molar-refractivity contribution in [2.45, 2.75) is 6.42 Å². The number of nitrogen functional groups attached to an aromatic ring is 1. The summed E-state index contributed by atoms with van der Waals surface area (Å²) in [6.07, 6.45) is 0.108. The van der Waals surface area contributed by atoms with Crippen LogP contribution in [-0.4, -0.2) is 17.0 Å². The average molecular weight is 192 g/mol. The zero-order valence-corrected chi connectivity index (χ0v) is 7.20. The molecular weight excluding hydrogens is 184 g/mol. The summed E-state index contributed by atoms with van der Waals surface area (Å²) in [7, 11) is 0. The smallest absolute Gasteiger partial charge is 0.336 e. The number of aromatic carboxylic acids is 1. The molecule has 5 heteroatoms. The van der Waals surface area contributed by atoms with Crippen molar-refractivity contribution in [1.82, 2.24) is 0 Å². The lowest BCUT2D eigenvalue weighted by atomic mass is 10.0. The highest BCUT2D eigenvalue weighted by Gasteiger charge is 2.24. The van der Waals surface area contributed by atoms with Crippen LogP contribution in [0.3, 0.4) is 0 Å². The largest absolute Gasteiger partial charge is 0.478 e. The summed E-state index contributed by atoms with van der Waals surface area (Å²) in [4.78, 5) is 21.9. The first kappa shape index (κ1) is 8.55. The minimum absolute atomic E-state index is 0.0957. The van der Waals surface area contributed by atoms with Crippen LogP contribution in [0.25, 0.3) is 0 Å². The number of amides is 1. The summed E-state index contributed by atoms with van der Waals surface area (Å²) in [6.45, 7) is 0. The monoisotopic (exact) mass is 192 g/mol. The van der Waals surface area contributed by atoms with Crippen LogP contribution < -0.4 is 11.1 Å². The second-order valence-corrected chi connectivity index (χ2v) is 3.12. The Balaban J connectivity index is 2.63. The molecular formula is C9H8N2O3. The summed E-state index contributed by atoms with van der Waals surface area (Å²) < 4.78 is 0. The number of nitrogens with one attached hydrogen (secondary N) is 1.